The molecule has 0 spiro atoms. The van der Waals surface area contributed by atoms with Gasteiger partial charge in [0.2, 0.25) is 5.91 Å². The van der Waals surface area contributed by atoms with Crippen LogP contribution in [0.25, 0.3) is 10.2 Å². The van der Waals surface area contributed by atoms with Crippen molar-refractivity contribution < 1.29 is 4.79 Å². The molecule has 0 unspecified atom stereocenters. The quantitative estimate of drug-likeness (QED) is 0.775. The molecule has 3 rings (SSSR count). The van der Waals surface area contributed by atoms with E-state index in [1.54, 1.807) is 10.8 Å². The van der Waals surface area contributed by atoms with Crippen LogP contribution in [0, 0.1) is 0 Å². The zero-order chi connectivity index (χ0) is 14.8. The van der Waals surface area contributed by atoms with E-state index in [1.807, 2.05) is 35.7 Å². The van der Waals surface area contributed by atoms with Crippen LogP contribution >= 0.6 is 27.3 Å². The molecule has 0 aliphatic rings. The number of halogens is 1. The summed E-state index contributed by atoms with van der Waals surface area (Å²) in [6.07, 6.45) is 1.65. The molecular formula is C15H11BrN2O2S. The van der Waals surface area contributed by atoms with Crippen molar-refractivity contribution in [3.05, 3.63) is 62.7 Å². The normalized spacial score (nSPS) is 10.7. The van der Waals surface area contributed by atoms with Crippen molar-refractivity contribution in [2.45, 2.75) is 6.54 Å². The van der Waals surface area contributed by atoms with Crippen LogP contribution in [0.4, 0.5) is 5.69 Å². The van der Waals surface area contributed by atoms with Crippen molar-refractivity contribution in [3.8, 4) is 0 Å². The highest BCUT2D eigenvalue weighted by molar-refractivity contribution is 9.10. The van der Waals surface area contributed by atoms with E-state index >= 15 is 0 Å². The van der Waals surface area contributed by atoms with E-state index in [-0.39, 0.29) is 17.9 Å². The largest absolute Gasteiger partial charge is 0.337 e. The smallest absolute Gasteiger partial charge is 0.244 e. The molecule has 21 heavy (non-hydrogen) atoms. The van der Waals surface area contributed by atoms with E-state index in [1.165, 1.54) is 17.4 Å². The van der Waals surface area contributed by atoms with Gasteiger partial charge in [-0.2, -0.15) is 0 Å². The topological polar surface area (TPSA) is 51.1 Å². The zero-order valence-corrected chi connectivity index (χ0v) is 13.3. The fourth-order valence-electron chi connectivity index (χ4n) is 2.05. The van der Waals surface area contributed by atoms with E-state index < -0.39 is 0 Å². The number of aromatic nitrogens is 1. The van der Waals surface area contributed by atoms with E-state index in [9.17, 15) is 9.59 Å². The number of amides is 1. The molecule has 1 aromatic carbocycles. The van der Waals surface area contributed by atoms with E-state index in [4.69, 9.17) is 0 Å². The van der Waals surface area contributed by atoms with Crippen LogP contribution in [0.3, 0.4) is 0 Å². The first kappa shape index (κ1) is 14.0. The number of carbonyl (C=O) groups excluding carboxylic acids is 1. The lowest BCUT2D eigenvalue weighted by atomic mass is 10.3. The number of pyridine rings is 1. The Morgan fingerprint density at radius 2 is 1.95 bits per heavy atom. The molecule has 0 bridgehead atoms. The Kier molecular flexibility index (Phi) is 3.90. The van der Waals surface area contributed by atoms with Gasteiger partial charge in [-0.05, 0) is 35.7 Å². The summed E-state index contributed by atoms with van der Waals surface area (Å²) in [5.74, 6) is -0.131. The Labute approximate surface area is 133 Å². The Balaban J connectivity index is 1.80. The Morgan fingerprint density at radius 3 is 2.71 bits per heavy atom. The van der Waals surface area contributed by atoms with Crippen LogP contribution in [0.1, 0.15) is 0 Å². The number of carbonyl (C=O) groups is 1. The number of rotatable bonds is 3. The molecule has 0 radical (unpaired) electrons. The van der Waals surface area contributed by atoms with E-state index in [0.717, 1.165) is 15.7 Å². The fourth-order valence-corrected chi connectivity index (χ4v) is 3.14. The first-order valence-corrected chi connectivity index (χ1v) is 7.93. The number of nitrogens with one attached hydrogen (secondary N) is 1. The summed E-state index contributed by atoms with van der Waals surface area (Å²) in [6, 6.07) is 10.7. The number of thiophene rings is 1. The molecule has 2 aromatic heterocycles. The van der Waals surface area contributed by atoms with Crippen molar-refractivity contribution in [1.29, 1.82) is 0 Å². The van der Waals surface area contributed by atoms with Gasteiger partial charge in [0, 0.05) is 22.4 Å². The van der Waals surface area contributed by atoms with Crippen molar-refractivity contribution in [2.75, 3.05) is 5.32 Å². The maximum Gasteiger partial charge on any atom is 0.244 e. The van der Waals surface area contributed by atoms with Gasteiger partial charge in [-0.3, -0.25) is 9.59 Å². The zero-order valence-electron chi connectivity index (χ0n) is 10.9. The monoisotopic (exact) mass is 362 g/mol. The third-order valence-electron chi connectivity index (χ3n) is 3.03. The third kappa shape index (κ3) is 3.06. The third-order valence-corrected chi connectivity index (χ3v) is 4.47. The molecular weight excluding hydrogens is 352 g/mol. The Morgan fingerprint density at radius 1 is 1.19 bits per heavy atom. The number of nitrogens with zero attached hydrogens (tertiary/aromatic N) is 1. The molecule has 2 heterocycles. The van der Waals surface area contributed by atoms with Crippen LogP contribution in [0.2, 0.25) is 0 Å². The Bertz CT molecular complexity index is 852. The van der Waals surface area contributed by atoms with Gasteiger partial charge in [-0.25, -0.2) is 0 Å². The lowest BCUT2D eigenvalue weighted by Crippen LogP contribution is -2.19. The minimum Gasteiger partial charge on any atom is -0.337 e. The molecule has 0 aliphatic heterocycles. The second kappa shape index (κ2) is 5.83. The second-order valence-corrected chi connectivity index (χ2v) is 6.33. The second-order valence-electron chi connectivity index (χ2n) is 4.50. The summed E-state index contributed by atoms with van der Waals surface area (Å²) >= 11 is 4.74. The highest BCUT2D eigenvalue weighted by atomic mass is 79.9. The van der Waals surface area contributed by atoms with Gasteiger partial charge in [0.15, 0.2) is 5.43 Å². The predicted octanol–water partition coefficient (Wildman–Crippen LogP) is 3.46. The van der Waals surface area contributed by atoms with E-state index in [2.05, 4.69) is 21.2 Å². The lowest BCUT2D eigenvalue weighted by Gasteiger charge is -2.09. The van der Waals surface area contributed by atoms with Crippen LogP contribution in [-0.2, 0) is 11.3 Å². The maximum absolute atomic E-state index is 12.1. The fraction of sp³-hybridized carbons (Fsp3) is 0.0667. The van der Waals surface area contributed by atoms with Crippen LogP contribution in [0.15, 0.2) is 57.2 Å². The molecule has 0 fully saturated rings. The summed E-state index contributed by atoms with van der Waals surface area (Å²) in [5.41, 5.74) is 1.52. The number of anilines is 1. The molecule has 1 N–H and O–H groups in total. The molecule has 3 aromatic rings. The summed E-state index contributed by atoms with van der Waals surface area (Å²) < 4.78 is 3.41. The van der Waals surface area contributed by atoms with E-state index in [0.29, 0.717) is 4.70 Å². The minimum absolute atomic E-state index is 0.00966. The van der Waals surface area contributed by atoms with Gasteiger partial charge in [-0.1, -0.05) is 15.9 Å². The van der Waals surface area contributed by atoms with Gasteiger partial charge >= 0.3 is 0 Å². The van der Waals surface area contributed by atoms with Crippen molar-refractivity contribution in [3.63, 3.8) is 0 Å². The molecule has 0 atom stereocenters. The molecule has 106 valence electrons. The summed E-state index contributed by atoms with van der Waals surface area (Å²) in [6.45, 7) is 0.170. The molecule has 0 saturated heterocycles. The first-order chi connectivity index (χ1) is 10.1. The summed E-state index contributed by atoms with van der Waals surface area (Å²) in [5, 5.41) is 4.69. The molecule has 6 heteroatoms. The highest BCUT2D eigenvalue weighted by Crippen LogP contribution is 2.17. The van der Waals surface area contributed by atoms with Gasteiger partial charge in [-0.15, -0.1) is 11.3 Å². The van der Waals surface area contributed by atoms with Crippen molar-refractivity contribution in [2.24, 2.45) is 0 Å². The number of hydrogen-bond acceptors (Lipinski definition) is 3. The molecule has 1 amide bonds. The standard InChI is InChI=1S/C15H11BrN2O2S/c16-10-1-3-11(4-2-10)17-14(20)9-18-7-5-13(19)15-12(18)6-8-21-15/h1-8H,9H2,(H,17,20). The molecule has 0 saturated carbocycles. The Hall–Kier alpha value is -1.92. The average molecular weight is 363 g/mol. The van der Waals surface area contributed by atoms with Gasteiger partial charge in [0.1, 0.15) is 6.54 Å². The lowest BCUT2D eigenvalue weighted by molar-refractivity contribution is -0.116. The SMILES string of the molecule is O=C(Cn1ccc(=O)c2sccc21)Nc1ccc(Br)cc1. The maximum atomic E-state index is 12.1. The first-order valence-electron chi connectivity index (χ1n) is 6.25. The minimum atomic E-state index is -0.131. The number of hydrogen-bond donors (Lipinski definition) is 1. The van der Waals surface area contributed by atoms with Crippen LogP contribution in [-0.4, -0.2) is 10.5 Å². The highest BCUT2D eigenvalue weighted by Gasteiger charge is 2.08. The molecule has 4 nitrogen and oxygen atoms in total. The van der Waals surface area contributed by atoms with Crippen molar-refractivity contribution in [1.82, 2.24) is 4.57 Å². The number of benzene rings is 1. The van der Waals surface area contributed by atoms with Crippen molar-refractivity contribution >= 4 is 49.1 Å². The van der Waals surface area contributed by atoms with Gasteiger partial charge in [0.25, 0.3) is 0 Å². The molecule has 0 aliphatic carbocycles. The summed E-state index contributed by atoms with van der Waals surface area (Å²) in [4.78, 5) is 23.8. The van der Waals surface area contributed by atoms with Gasteiger partial charge in [0.05, 0.1) is 10.2 Å². The van der Waals surface area contributed by atoms with Crippen LogP contribution < -0.4 is 10.7 Å². The van der Waals surface area contributed by atoms with Gasteiger partial charge < -0.3 is 9.88 Å². The predicted molar refractivity (Wildman–Crippen MR) is 88.9 cm³/mol. The van der Waals surface area contributed by atoms with Crippen LogP contribution in [0.5, 0.6) is 0 Å². The number of fused-ring (bicyclic) bond motifs is 1. The average Bonchev–Trinajstić information content (AvgIpc) is 2.95. The summed E-state index contributed by atoms with van der Waals surface area (Å²) in [7, 11) is 0.